The summed E-state index contributed by atoms with van der Waals surface area (Å²) in [6.07, 6.45) is 1.64. The Kier molecular flexibility index (Phi) is 3.94. The summed E-state index contributed by atoms with van der Waals surface area (Å²) in [5.74, 6) is 0.0305. The van der Waals surface area contributed by atoms with Crippen LogP contribution in [0.25, 0.3) is 0 Å². The highest BCUT2D eigenvalue weighted by atomic mass is 19.1. The van der Waals surface area contributed by atoms with Gasteiger partial charge in [-0.3, -0.25) is 5.10 Å². The molecule has 0 aliphatic carbocycles. The molecular weight excluding hydrogens is 298 g/mol. The van der Waals surface area contributed by atoms with E-state index in [1.165, 1.54) is 6.07 Å². The molecular formula is C16H22BFN2O3. The first-order valence-corrected chi connectivity index (χ1v) is 7.55. The number of nitrogens with one attached hydrogen (secondary N) is 1. The highest BCUT2D eigenvalue weighted by Gasteiger charge is 2.52. The Morgan fingerprint density at radius 1 is 1.22 bits per heavy atom. The van der Waals surface area contributed by atoms with Crippen LogP contribution in [0.15, 0.2) is 30.5 Å². The lowest BCUT2D eigenvalue weighted by Crippen LogP contribution is -2.41. The van der Waals surface area contributed by atoms with Gasteiger partial charge in [0.1, 0.15) is 18.2 Å². The van der Waals surface area contributed by atoms with E-state index in [1.807, 2.05) is 27.7 Å². The second-order valence-electron chi connectivity index (χ2n) is 6.64. The topological polar surface area (TPSA) is 56.4 Å². The van der Waals surface area contributed by atoms with Crippen molar-refractivity contribution in [3.63, 3.8) is 0 Å². The maximum Gasteiger partial charge on any atom is 0.497 e. The average Bonchev–Trinajstić information content (AvgIpc) is 3.03. The monoisotopic (exact) mass is 320 g/mol. The van der Waals surface area contributed by atoms with E-state index in [0.29, 0.717) is 17.8 Å². The van der Waals surface area contributed by atoms with Crippen LogP contribution < -0.4 is 10.2 Å². The lowest BCUT2D eigenvalue weighted by atomic mass is 9.78. The lowest BCUT2D eigenvalue weighted by Gasteiger charge is -2.32. The molecule has 0 amide bonds. The highest BCUT2D eigenvalue weighted by Crippen LogP contribution is 2.36. The van der Waals surface area contributed by atoms with Crippen molar-refractivity contribution < 1.29 is 19.9 Å². The molecule has 3 rings (SSSR count). The van der Waals surface area contributed by atoms with Gasteiger partial charge in [-0.25, -0.2) is 4.39 Å². The molecule has 0 unspecified atom stereocenters. The lowest BCUT2D eigenvalue weighted by molar-refractivity contribution is 0.00578. The fourth-order valence-corrected chi connectivity index (χ4v) is 2.28. The molecule has 0 saturated carbocycles. The van der Waals surface area contributed by atoms with Gasteiger partial charge in [0.2, 0.25) is 0 Å². The number of aromatic nitrogens is 2. The second kappa shape index (κ2) is 5.65. The normalized spacial score (nSPS) is 19.1. The maximum atomic E-state index is 14.4. The number of aromatic amines is 1. The van der Waals surface area contributed by atoms with Crippen molar-refractivity contribution in [3.05, 3.63) is 42.0 Å². The molecule has 1 aromatic carbocycles. The van der Waals surface area contributed by atoms with Crippen LogP contribution in [0.5, 0.6) is 5.75 Å². The molecule has 0 radical (unpaired) electrons. The molecule has 0 spiro atoms. The molecule has 0 atom stereocenters. The molecule has 7 heteroatoms. The highest BCUT2D eigenvalue weighted by molar-refractivity contribution is 6.62. The first kappa shape index (κ1) is 16.0. The molecule has 1 aliphatic heterocycles. The van der Waals surface area contributed by atoms with Gasteiger partial charge in [-0.15, -0.1) is 0 Å². The summed E-state index contributed by atoms with van der Waals surface area (Å²) < 4.78 is 31.7. The minimum Gasteiger partial charge on any atom is -0.487 e. The third kappa shape index (κ3) is 3.11. The predicted octanol–water partition coefficient (Wildman–Crippen LogP) is 2.67. The predicted molar refractivity (Wildman–Crippen MR) is 87.1 cm³/mol. The smallest absolute Gasteiger partial charge is 0.487 e. The Bertz CT molecular complexity index is 679. The molecule has 1 aliphatic rings. The number of halogens is 1. The summed E-state index contributed by atoms with van der Waals surface area (Å²) in [6.45, 7) is 8.05. The van der Waals surface area contributed by atoms with Crippen molar-refractivity contribution in [1.82, 2.24) is 10.2 Å². The SMILES string of the molecule is CC1(C)OB(c2ccc(OCc3ccn[nH]3)cc2F)OC1(C)C.[HH]. The number of hydrogen-bond donors (Lipinski definition) is 1. The molecule has 2 heterocycles. The van der Waals surface area contributed by atoms with Gasteiger partial charge in [-0.1, -0.05) is 6.07 Å². The summed E-state index contributed by atoms with van der Waals surface area (Å²) in [5, 5.41) is 6.62. The molecule has 0 bridgehead atoms. The minimum atomic E-state index is -0.721. The van der Waals surface area contributed by atoms with Crippen molar-refractivity contribution >= 4 is 12.6 Å². The van der Waals surface area contributed by atoms with E-state index in [-0.39, 0.29) is 1.43 Å². The molecule has 2 aromatic rings. The molecule has 1 aromatic heterocycles. The van der Waals surface area contributed by atoms with Gasteiger partial charge in [0, 0.05) is 19.2 Å². The molecule has 23 heavy (non-hydrogen) atoms. The zero-order valence-corrected chi connectivity index (χ0v) is 13.7. The van der Waals surface area contributed by atoms with Gasteiger partial charge in [0.15, 0.2) is 0 Å². The van der Waals surface area contributed by atoms with Gasteiger partial charge in [-0.2, -0.15) is 5.10 Å². The number of nitrogens with zero attached hydrogens (tertiary/aromatic N) is 1. The van der Waals surface area contributed by atoms with Crippen LogP contribution in [0.4, 0.5) is 4.39 Å². The number of H-pyrrole nitrogens is 1. The van der Waals surface area contributed by atoms with Gasteiger partial charge in [-0.05, 0) is 39.8 Å². The third-order valence-corrected chi connectivity index (χ3v) is 4.43. The Balaban J connectivity index is 0.00000208. The zero-order valence-electron chi connectivity index (χ0n) is 13.7. The summed E-state index contributed by atoms with van der Waals surface area (Å²) in [7, 11) is -0.721. The first-order chi connectivity index (χ1) is 10.8. The largest absolute Gasteiger partial charge is 0.497 e. The Morgan fingerprint density at radius 2 is 1.91 bits per heavy atom. The van der Waals surface area contributed by atoms with E-state index < -0.39 is 24.1 Å². The summed E-state index contributed by atoms with van der Waals surface area (Å²) in [4.78, 5) is 0. The van der Waals surface area contributed by atoms with Crippen molar-refractivity contribution in [2.75, 3.05) is 0 Å². The number of benzene rings is 1. The van der Waals surface area contributed by atoms with E-state index in [4.69, 9.17) is 14.0 Å². The Hall–Kier alpha value is -1.86. The van der Waals surface area contributed by atoms with Gasteiger partial charge in [0.05, 0.1) is 16.9 Å². The quantitative estimate of drug-likeness (QED) is 0.880. The van der Waals surface area contributed by atoms with E-state index in [9.17, 15) is 4.39 Å². The molecule has 1 fully saturated rings. The molecule has 1 N–H and O–H groups in total. The van der Waals surface area contributed by atoms with Crippen LogP contribution >= 0.6 is 0 Å². The van der Waals surface area contributed by atoms with E-state index in [0.717, 1.165) is 5.69 Å². The maximum absolute atomic E-state index is 14.4. The Labute approximate surface area is 136 Å². The first-order valence-electron chi connectivity index (χ1n) is 7.55. The van der Waals surface area contributed by atoms with Crippen molar-refractivity contribution in [1.29, 1.82) is 0 Å². The van der Waals surface area contributed by atoms with Gasteiger partial charge in [0.25, 0.3) is 0 Å². The van der Waals surface area contributed by atoms with Crippen LogP contribution in [0, 0.1) is 5.82 Å². The minimum absolute atomic E-state index is 0. The van der Waals surface area contributed by atoms with Crippen molar-refractivity contribution in [2.45, 2.75) is 45.5 Å². The standard InChI is InChI=1S/C16H20BFN2O3.H2/c1-15(2)16(3,4)23-17(22-15)13-6-5-12(9-14(13)18)21-10-11-7-8-19-20-11;/h5-9H,10H2,1-4H3,(H,19,20);1H. The fraction of sp³-hybridized carbons (Fsp3) is 0.438. The van der Waals surface area contributed by atoms with E-state index >= 15 is 0 Å². The van der Waals surface area contributed by atoms with Crippen LogP contribution in [-0.4, -0.2) is 28.5 Å². The number of ether oxygens (including phenoxy) is 1. The molecule has 124 valence electrons. The van der Waals surface area contributed by atoms with Gasteiger partial charge < -0.3 is 14.0 Å². The third-order valence-electron chi connectivity index (χ3n) is 4.43. The summed E-state index contributed by atoms with van der Waals surface area (Å²) in [5.41, 5.74) is 0.192. The zero-order chi connectivity index (χ0) is 16.7. The fourth-order valence-electron chi connectivity index (χ4n) is 2.28. The molecule has 5 nitrogen and oxygen atoms in total. The second-order valence-corrected chi connectivity index (χ2v) is 6.64. The van der Waals surface area contributed by atoms with E-state index in [2.05, 4.69) is 10.2 Å². The Morgan fingerprint density at radius 3 is 2.48 bits per heavy atom. The van der Waals surface area contributed by atoms with Crippen LogP contribution in [0.1, 0.15) is 34.8 Å². The van der Waals surface area contributed by atoms with Crippen LogP contribution in [0.3, 0.4) is 0 Å². The van der Waals surface area contributed by atoms with Crippen molar-refractivity contribution in [2.24, 2.45) is 0 Å². The van der Waals surface area contributed by atoms with Crippen molar-refractivity contribution in [3.8, 4) is 5.75 Å². The van der Waals surface area contributed by atoms with Gasteiger partial charge >= 0.3 is 7.12 Å². The summed E-state index contributed by atoms with van der Waals surface area (Å²) >= 11 is 0. The van der Waals surface area contributed by atoms with Crippen LogP contribution in [-0.2, 0) is 15.9 Å². The number of hydrogen-bond acceptors (Lipinski definition) is 4. The van der Waals surface area contributed by atoms with Crippen LogP contribution in [0.2, 0.25) is 0 Å². The summed E-state index contributed by atoms with van der Waals surface area (Å²) in [6, 6.07) is 6.49. The molecule has 1 saturated heterocycles. The van der Waals surface area contributed by atoms with E-state index in [1.54, 1.807) is 24.4 Å². The average molecular weight is 320 g/mol. The number of rotatable bonds is 4.